The summed E-state index contributed by atoms with van der Waals surface area (Å²) in [5, 5.41) is 4.16. The van der Waals surface area contributed by atoms with Crippen LogP contribution in [-0.4, -0.2) is 30.8 Å². The summed E-state index contributed by atoms with van der Waals surface area (Å²) in [5.74, 6) is 0.606. The van der Waals surface area contributed by atoms with Crippen molar-refractivity contribution in [2.45, 2.75) is 46.0 Å². The molecule has 1 aliphatic heterocycles. The van der Waals surface area contributed by atoms with Crippen LogP contribution < -0.4 is 5.32 Å². The van der Waals surface area contributed by atoms with Crippen molar-refractivity contribution in [1.29, 1.82) is 0 Å². The van der Waals surface area contributed by atoms with Gasteiger partial charge in [-0.2, -0.15) is 0 Å². The molecule has 6 heteroatoms. The molecule has 2 aliphatic rings. The fourth-order valence-electron chi connectivity index (χ4n) is 4.62. The first-order valence-corrected chi connectivity index (χ1v) is 11.5. The van der Waals surface area contributed by atoms with E-state index in [1.54, 1.807) is 0 Å². The molecule has 1 unspecified atom stereocenters. The van der Waals surface area contributed by atoms with Crippen LogP contribution in [0.2, 0.25) is 0 Å². The van der Waals surface area contributed by atoms with Gasteiger partial charge in [-0.1, -0.05) is 32.0 Å². The number of fused-ring (bicyclic) bond motifs is 1. The highest BCUT2D eigenvalue weighted by Crippen LogP contribution is 2.60. The lowest BCUT2D eigenvalue weighted by Crippen LogP contribution is -2.28. The van der Waals surface area contributed by atoms with Gasteiger partial charge >= 0.3 is 0 Å². The molecule has 4 rings (SSSR count). The zero-order valence-corrected chi connectivity index (χ0v) is 16.9. The Morgan fingerprint density at radius 3 is 2.56 bits per heavy atom. The highest BCUT2D eigenvalue weighted by Gasteiger charge is 2.59. The first-order chi connectivity index (χ1) is 12.7. The lowest BCUT2D eigenvalue weighted by Gasteiger charge is -2.23. The van der Waals surface area contributed by atoms with E-state index in [1.807, 2.05) is 31.2 Å². The first kappa shape index (κ1) is 18.4. The fourth-order valence-corrected chi connectivity index (χ4v) is 6.26. The number of rotatable bonds is 3. The van der Waals surface area contributed by atoms with Crippen LogP contribution >= 0.6 is 0 Å². The molecule has 144 valence electrons. The number of anilines is 1. The number of carbonyl (C=O) groups excluding carboxylic acids is 1. The maximum absolute atomic E-state index is 13.1. The van der Waals surface area contributed by atoms with Gasteiger partial charge in [-0.05, 0) is 43.6 Å². The minimum absolute atomic E-state index is 0.0203. The van der Waals surface area contributed by atoms with Crippen molar-refractivity contribution in [3.63, 3.8) is 0 Å². The maximum atomic E-state index is 13.1. The van der Waals surface area contributed by atoms with Gasteiger partial charge in [0.25, 0.3) is 0 Å². The van der Waals surface area contributed by atoms with Crippen molar-refractivity contribution in [3.05, 3.63) is 35.5 Å². The number of aryl methyl sites for hydroxylation is 1. The Kier molecular flexibility index (Phi) is 4.29. The largest absolute Gasteiger partial charge is 0.325 e. The third-order valence-corrected chi connectivity index (χ3v) is 7.93. The number of hydrogen-bond donors (Lipinski definition) is 1. The molecule has 1 atom stereocenters. The van der Waals surface area contributed by atoms with Crippen LogP contribution in [0.3, 0.4) is 0 Å². The van der Waals surface area contributed by atoms with Crippen LogP contribution in [0.5, 0.6) is 0 Å². The Morgan fingerprint density at radius 2 is 1.89 bits per heavy atom. The molecule has 27 heavy (non-hydrogen) atoms. The van der Waals surface area contributed by atoms with Gasteiger partial charge in [0.05, 0.1) is 22.7 Å². The quantitative estimate of drug-likeness (QED) is 0.870. The second-order valence-corrected chi connectivity index (χ2v) is 10.7. The monoisotopic (exact) mass is 386 g/mol. The van der Waals surface area contributed by atoms with Crippen LogP contribution in [0.4, 0.5) is 5.69 Å². The van der Waals surface area contributed by atoms with Gasteiger partial charge in [0, 0.05) is 22.6 Å². The fraction of sp³-hybridized carbons (Fsp3) is 0.524. The lowest BCUT2D eigenvalue weighted by atomic mass is 9.94. The number of hydrogen-bond acceptors (Lipinski definition) is 4. The summed E-state index contributed by atoms with van der Waals surface area (Å²) in [6.45, 7) is 6.21. The molecule has 1 spiro atoms. The minimum atomic E-state index is -2.91. The van der Waals surface area contributed by atoms with Crippen LogP contribution in [-0.2, 0) is 14.6 Å². The predicted octanol–water partition coefficient (Wildman–Crippen LogP) is 3.82. The van der Waals surface area contributed by atoms with Crippen molar-refractivity contribution in [3.8, 4) is 0 Å². The van der Waals surface area contributed by atoms with E-state index in [0.717, 1.165) is 34.3 Å². The summed E-state index contributed by atoms with van der Waals surface area (Å²) in [6.07, 6.45) is 2.02. The van der Waals surface area contributed by atoms with Gasteiger partial charge in [0.2, 0.25) is 5.91 Å². The molecule has 1 aromatic heterocycles. The van der Waals surface area contributed by atoms with Crippen LogP contribution in [0.15, 0.2) is 24.3 Å². The van der Waals surface area contributed by atoms with E-state index in [0.29, 0.717) is 12.8 Å². The highest BCUT2D eigenvalue weighted by molar-refractivity contribution is 7.91. The van der Waals surface area contributed by atoms with Gasteiger partial charge in [0.15, 0.2) is 0 Å². The van der Waals surface area contributed by atoms with Crippen molar-refractivity contribution in [2.75, 3.05) is 16.8 Å². The number of carbonyl (C=O) groups is 1. The zero-order valence-electron chi connectivity index (χ0n) is 16.1. The van der Waals surface area contributed by atoms with Crippen LogP contribution in [0, 0.1) is 18.3 Å². The Bertz CT molecular complexity index is 1010. The van der Waals surface area contributed by atoms with Crippen LogP contribution in [0.1, 0.15) is 50.3 Å². The average Bonchev–Trinajstić information content (AvgIpc) is 3.32. The van der Waals surface area contributed by atoms with E-state index >= 15 is 0 Å². The minimum Gasteiger partial charge on any atom is -0.325 e. The Hall–Kier alpha value is -1.95. The summed E-state index contributed by atoms with van der Waals surface area (Å²) in [6, 6.07) is 7.88. The molecule has 1 saturated heterocycles. The molecule has 2 heterocycles. The molecule has 5 nitrogen and oxygen atoms in total. The second kappa shape index (κ2) is 6.30. The van der Waals surface area contributed by atoms with Gasteiger partial charge in [-0.15, -0.1) is 0 Å². The van der Waals surface area contributed by atoms with E-state index in [4.69, 9.17) is 4.98 Å². The number of amides is 1. The van der Waals surface area contributed by atoms with Gasteiger partial charge in [-0.3, -0.25) is 9.78 Å². The number of nitrogens with one attached hydrogen (secondary N) is 1. The maximum Gasteiger partial charge on any atom is 0.228 e. The van der Waals surface area contributed by atoms with Gasteiger partial charge in [-0.25, -0.2) is 8.42 Å². The Labute approximate surface area is 160 Å². The smallest absolute Gasteiger partial charge is 0.228 e. The lowest BCUT2D eigenvalue weighted by molar-refractivity contribution is -0.118. The molecular weight excluding hydrogens is 360 g/mol. The van der Waals surface area contributed by atoms with Gasteiger partial charge in [0.1, 0.15) is 9.84 Å². The average molecular weight is 387 g/mol. The zero-order chi connectivity index (χ0) is 19.4. The standard InChI is InChI=1S/C21H26N2O3S/c1-13(2)18-14(3)22-17-7-5-4-6-15(17)19(18)23-20(24)16-12-21(16)8-10-27(25,26)11-9-21/h4-7,13,16H,8-12H2,1-3H3,(H,22,23,24). The normalized spacial score (nSPS) is 22.9. The van der Waals surface area contributed by atoms with E-state index in [-0.39, 0.29) is 34.7 Å². The summed E-state index contributed by atoms with van der Waals surface area (Å²) >= 11 is 0. The molecule has 1 aromatic carbocycles. The van der Waals surface area contributed by atoms with Crippen molar-refractivity contribution >= 4 is 32.3 Å². The van der Waals surface area contributed by atoms with E-state index in [2.05, 4.69) is 19.2 Å². The number of nitrogens with zero attached hydrogens (tertiary/aromatic N) is 1. The number of sulfone groups is 1. The van der Waals surface area contributed by atoms with Crippen LogP contribution in [0.25, 0.3) is 10.9 Å². The van der Waals surface area contributed by atoms with Crippen molar-refractivity contribution in [2.24, 2.45) is 11.3 Å². The highest BCUT2D eigenvalue weighted by atomic mass is 32.2. The third-order valence-electron chi connectivity index (χ3n) is 6.27. The molecular formula is C21H26N2O3S. The SMILES string of the molecule is Cc1nc2ccccc2c(NC(=O)C2CC23CCS(=O)(=O)CC3)c1C(C)C. The number of aromatic nitrogens is 1. The Balaban J connectivity index is 1.64. The van der Waals surface area contributed by atoms with E-state index in [1.165, 1.54) is 0 Å². The first-order valence-electron chi connectivity index (χ1n) is 9.63. The molecule has 2 aromatic rings. The molecule has 1 N–H and O–H groups in total. The molecule has 0 radical (unpaired) electrons. The number of pyridine rings is 1. The van der Waals surface area contributed by atoms with E-state index in [9.17, 15) is 13.2 Å². The van der Waals surface area contributed by atoms with Crippen molar-refractivity contribution in [1.82, 2.24) is 4.98 Å². The summed E-state index contributed by atoms with van der Waals surface area (Å²) in [7, 11) is -2.91. The van der Waals surface area contributed by atoms with Crippen molar-refractivity contribution < 1.29 is 13.2 Å². The molecule has 1 aliphatic carbocycles. The number of para-hydroxylation sites is 1. The second-order valence-electron chi connectivity index (χ2n) is 8.42. The topological polar surface area (TPSA) is 76.1 Å². The van der Waals surface area contributed by atoms with Gasteiger partial charge < -0.3 is 5.32 Å². The number of benzene rings is 1. The summed E-state index contributed by atoms with van der Waals surface area (Å²) < 4.78 is 23.5. The third kappa shape index (κ3) is 3.24. The Morgan fingerprint density at radius 1 is 1.22 bits per heavy atom. The summed E-state index contributed by atoms with van der Waals surface area (Å²) in [4.78, 5) is 17.8. The molecule has 1 saturated carbocycles. The molecule has 2 fully saturated rings. The molecule has 0 bridgehead atoms. The summed E-state index contributed by atoms with van der Waals surface area (Å²) in [5.41, 5.74) is 3.65. The predicted molar refractivity (Wildman–Crippen MR) is 108 cm³/mol. The molecule has 1 amide bonds. The van der Waals surface area contributed by atoms with E-state index < -0.39 is 9.84 Å².